The second-order valence-electron chi connectivity index (χ2n) is 6.89. The highest BCUT2D eigenvalue weighted by molar-refractivity contribution is 6.07. The molecule has 0 spiro atoms. The average molecular weight is 382 g/mol. The van der Waals surface area contributed by atoms with Crippen LogP contribution < -0.4 is 5.43 Å². The predicted molar refractivity (Wildman–Crippen MR) is 108 cm³/mol. The number of aromatic nitrogens is 1. The van der Waals surface area contributed by atoms with Gasteiger partial charge in [-0.25, -0.2) is 9.78 Å². The monoisotopic (exact) mass is 382 g/mol. The van der Waals surface area contributed by atoms with Crippen molar-refractivity contribution < 1.29 is 14.6 Å². The Hall–Kier alpha value is -2.77. The summed E-state index contributed by atoms with van der Waals surface area (Å²) < 4.78 is 5.09. The maximum atomic E-state index is 12.2. The number of nitrogens with one attached hydrogen (secondary N) is 1. The molecule has 0 unspecified atom stereocenters. The zero-order valence-corrected chi connectivity index (χ0v) is 16.3. The number of hydrazone groups is 1. The molecule has 0 aliphatic carbocycles. The van der Waals surface area contributed by atoms with Crippen LogP contribution in [0.5, 0.6) is 0 Å². The van der Waals surface area contributed by atoms with Gasteiger partial charge in [0, 0.05) is 24.8 Å². The van der Waals surface area contributed by atoms with Gasteiger partial charge >= 0.3 is 5.97 Å². The number of pyridine rings is 1. The lowest BCUT2D eigenvalue weighted by molar-refractivity contribution is 0.0441. The van der Waals surface area contributed by atoms with E-state index in [2.05, 4.69) is 20.4 Å². The number of ether oxygens (including phenoxy) is 1. The van der Waals surface area contributed by atoms with Crippen LogP contribution in [0.1, 0.15) is 35.7 Å². The van der Waals surface area contributed by atoms with Gasteiger partial charge in [-0.05, 0) is 38.9 Å². The van der Waals surface area contributed by atoms with Gasteiger partial charge in [-0.3, -0.25) is 5.43 Å². The molecule has 0 amide bonds. The summed E-state index contributed by atoms with van der Waals surface area (Å²) in [5.41, 5.74) is 3.51. The molecule has 2 heterocycles. The minimum absolute atomic E-state index is 0.277. The van der Waals surface area contributed by atoms with Crippen LogP contribution in [0.15, 0.2) is 53.8 Å². The topological polar surface area (TPSA) is 87.0 Å². The molecule has 1 fully saturated rings. The smallest absolute Gasteiger partial charge is 0.341 e. The molecule has 1 aromatic carbocycles. The molecule has 3 rings (SSSR count). The maximum Gasteiger partial charge on any atom is 0.341 e. The maximum absolute atomic E-state index is 12.2. The molecule has 148 valence electrons. The SMILES string of the molecule is CCOC(=O)c1cccnc1N/N=C(/c1ccccc1)C1(O)CCN(C)CC1. The van der Waals surface area contributed by atoms with Gasteiger partial charge in [-0.2, -0.15) is 5.10 Å². The molecule has 0 bridgehead atoms. The Morgan fingerprint density at radius 3 is 2.64 bits per heavy atom. The highest BCUT2D eigenvalue weighted by Gasteiger charge is 2.37. The van der Waals surface area contributed by atoms with Crippen LogP contribution in [-0.4, -0.2) is 59.0 Å². The van der Waals surface area contributed by atoms with Crippen molar-refractivity contribution in [3.63, 3.8) is 0 Å². The van der Waals surface area contributed by atoms with Crippen LogP contribution in [0.2, 0.25) is 0 Å². The van der Waals surface area contributed by atoms with E-state index >= 15 is 0 Å². The van der Waals surface area contributed by atoms with E-state index in [1.54, 1.807) is 25.3 Å². The molecule has 1 saturated heterocycles. The number of aliphatic hydroxyl groups is 1. The molecule has 0 radical (unpaired) electrons. The summed E-state index contributed by atoms with van der Waals surface area (Å²) in [6.07, 6.45) is 2.73. The van der Waals surface area contributed by atoms with E-state index in [1.807, 2.05) is 37.4 Å². The third-order valence-electron chi connectivity index (χ3n) is 4.88. The third kappa shape index (κ3) is 4.55. The molecule has 28 heavy (non-hydrogen) atoms. The van der Waals surface area contributed by atoms with E-state index in [0.29, 0.717) is 29.9 Å². The van der Waals surface area contributed by atoms with Crippen molar-refractivity contribution in [3.05, 3.63) is 59.8 Å². The first-order valence-corrected chi connectivity index (χ1v) is 9.46. The Morgan fingerprint density at radius 1 is 1.25 bits per heavy atom. The van der Waals surface area contributed by atoms with E-state index in [9.17, 15) is 9.90 Å². The van der Waals surface area contributed by atoms with Crippen LogP contribution in [0.25, 0.3) is 0 Å². The van der Waals surface area contributed by atoms with Gasteiger partial charge < -0.3 is 14.7 Å². The van der Waals surface area contributed by atoms with Gasteiger partial charge in [-0.15, -0.1) is 0 Å². The highest BCUT2D eigenvalue weighted by atomic mass is 16.5. The van der Waals surface area contributed by atoms with Crippen LogP contribution in [0, 0.1) is 0 Å². The number of hydrogen-bond donors (Lipinski definition) is 2. The van der Waals surface area contributed by atoms with Crippen molar-refractivity contribution >= 4 is 17.5 Å². The standard InChI is InChI=1S/C21H26N4O3/c1-3-28-20(26)17-10-7-13-22-19(17)24-23-18(16-8-5-4-6-9-16)21(27)11-14-25(2)15-12-21/h4-10,13,27H,3,11-12,14-15H2,1-2H3,(H,22,24)/b23-18-. The number of carbonyl (C=O) groups excluding carboxylic acids is 1. The van der Waals surface area contributed by atoms with Gasteiger partial charge in [0.15, 0.2) is 5.82 Å². The fourth-order valence-corrected chi connectivity index (χ4v) is 3.24. The molecule has 1 aliphatic heterocycles. The van der Waals surface area contributed by atoms with Crippen molar-refractivity contribution in [2.45, 2.75) is 25.4 Å². The van der Waals surface area contributed by atoms with Crippen LogP contribution >= 0.6 is 0 Å². The Balaban J connectivity index is 1.94. The molecule has 2 aromatic rings. The van der Waals surface area contributed by atoms with Gasteiger partial charge in [-0.1, -0.05) is 30.3 Å². The fourth-order valence-electron chi connectivity index (χ4n) is 3.24. The molecule has 7 nitrogen and oxygen atoms in total. The lowest BCUT2D eigenvalue weighted by atomic mass is 9.83. The van der Waals surface area contributed by atoms with Crippen molar-refractivity contribution in [1.82, 2.24) is 9.88 Å². The van der Waals surface area contributed by atoms with Crippen LogP contribution in [-0.2, 0) is 4.74 Å². The molecule has 0 atom stereocenters. The van der Waals surface area contributed by atoms with E-state index in [0.717, 1.165) is 18.7 Å². The first-order chi connectivity index (χ1) is 13.5. The van der Waals surface area contributed by atoms with Gasteiger partial charge in [0.05, 0.1) is 12.3 Å². The van der Waals surface area contributed by atoms with Crippen LogP contribution in [0.3, 0.4) is 0 Å². The molecular weight excluding hydrogens is 356 g/mol. The summed E-state index contributed by atoms with van der Waals surface area (Å²) in [5, 5.41) is 15.8. The quantitative estimate of drug-likeness (QED) is 0.454. The summed E-state index contributed by atoms with van der Waals surface area (Å²) in [5.74, 6) is -0.168. The molecule has 1 aliphatic rings. The Morgan fingerprint density at radius 2 is 1.96 bits per heavy atom. The number of anilines is 1. The minimum Gasteiger partial charge on any atom is -0.462 e. The van der Waals surface area contributed by atoms with Gasteiger partial charge in [0.2, 0.25) is 0 Å². The Bertz CT molecular complexity index is 831. The number of piperidine rings is 1. The number of benzene rings is 1. The predicted octanol–water partition coefficient (Wildman–Crippen LogP) is 2.53. The summed E-state index contributed by atoms with van der Waals surface area (Å²) in [7, 11) is 2.04. The number of hydrogen-bond acceptors (Lipinski definition) is 7. The minimum atomic E-state index is -1.06. The fraction of sp³-hybridized carbons (Fsp3) is 0.381. The first kappa shape index (κ1) is 20.0. The van der Waals surface area contributed by atoms with E-state index in [4.69, 9.17) is 4.74 Å². The van der Waals surface area contributed by atoms with Crippen molar-refractivity contribution in [2.24, 2.45) is 5.10 Å². The number of nitrogens with zero attached hydrogens (tertiary/aromatic N) is 3. The Kier molecular flexibility index (Phi) is 6.38. The number of rotatable bonds is 6. The average Bonchev–Trinajstić information content (AvgIpc) is 2.72. The van der Waals surface area contributed by atoms with E-state index < -0.39 is 11.6 Å². The molecule has 7 heteroatoms. The van der Waals surface area contributed by atoms with Crippen molar-refractivity contribution in [1.29, 1.82) is 0 Å². The lowest BCUT2D eigenvalue weighted by Gasteiger charge is -2.37. The first-order valence-electron chi connectivity index (χ1n) is 9.46. The summed E-state index contributed by atoms with van der Waals surface area (Å²) in [6.45, 7) is 3.58. The second kappa shape index (κ2) is 8.95. The zero-order valence-electron chi connectivity index (χ0n) is 16.3. The summed E-state index contributed by atoms with van der Waals surface area (Å²) in [6, 6.07) is 12.9. The summed E-state index contributed by atoms with van der Waals surface area (Å²) >= 11 is 0. The van der Waals surface area contributed by atoms with E-state index in [-0.39, 0.29) is 6.61 Å². The number of likely N-dealkylation sites (tertiary alicyclic amines) is 1. The van der Waals surface area contributed by atoms with Gasteiger partial charge in [0.25, 0.3) is 0 Å². The van der Waals surface area contributed by atoms with Gasteiger partial charge in [0.1, 0.15) is 11.2 Å². The lowest BCUT2D eigenvalue weighted by Crippen LogP contribution is -2.49. The molecule has 1 aromatic heterocycles. The third-order valence-corrected chi connectivity index (χ3v) is 4.88. The zero-order chi connectivity index (χ0) is 20.0. The molecule has 0 saturated carbocycles. The summed E-state index contributed by atoms with van der Waals surface area (Å²) in [4.78, 5) is 18.6. The largest absolute Gasteiger partial charge is 0.462 e. The number of carbonyl (C=O) groups is 1. The van der Waals surface area contributed by atoms with E-state index in [1.165, 1.54) is 0 Å². The molecular formula is C21H26N4O3. The number of esters is 1. The van der Waals surface area contributed by atoms with Crippen LogP contribution in [0.4, 0.5) is 5.82 Å². The normalized spacial score (nSPS) is 17.2. The van der Waals surface area contributed by atoms with Crippen molar-refractivity contribution in [2.75, 3.05) is 32.2 Å². The Labute approximate surface area is 165 Å². The highest BCUT2D eigenvalue weighted by Crippen LogP contribution is 2.27. The second-order valence-corrected chi connectivity index (χ2v) is 6.89. The molecule has 2 N–H and O–H groups in total. The van der Waals surface area contributed by atoms with Crippen molar-refractivity contribution in [3.8, 4) is 0 Å².